The van der Waals surface area contributed by atoms with Crippen LogP contribution in [0.5, 0.6) is 0 Å². The summed E-state index contributed by atoms with van der Waals surface area (Å²) in [6, 6.07) is 8.65. The lowest BCUT2D eigenvalue weighted by atomic mass is 9.97. The summed E-state index contributed by atoms with van der Waals surface area (Å²) in [5.41, 5.74) is 4.34. The monoisotopic (exact) mass is 310 g/mol. The molecule has 0 saturated heterocycles. The van der Waals surface area contributed by atoms with E-state index in [4.69, 9.17) is 0 Å². The molecular weight excluding hydrogens is 295 g/mol. The van der Waals surface area contributed by atoms with Crippen molar-refractivity contribution in [3.8, 4) is 0 Å². The van der Waals surface area contributed by atoms with Crippen molar-refractivity contribution in [2.75, 3.05) is 0 Å². The molecule has 1 heteroatoms. The Morgan fingerprint density at radius 1 is 1.13 bits per heavy atom. The lowest BCUT2D eigenvalue weighted by molar-refractivity contribution is 0.988. The van der Waals surface area contributed by atoms with Crippen LogP contribution in [0.4, 0.5) is 0 Å². The van der Waals surface area contributed by atoms with Crippen molar-refractivity contribution >= 4 is 22.6 Å². The quantitative estimate of drug-likeness (QED) is 0.702. The Labute approximate surface area is 105 Å². The minimum Gasteiger partial charge on any atom is -0.0796 e. The van der Waals surface area contributed by atoms with Crippen molar-refractivity contribution < 1.29 is 0 Å². The van der Waals surface area contributed by atoms with E-state index in [-0.39, 0.29) is 0 Å². The minimum absolute atomic E-state index is 1.08. The number of benzene rings is 1. The zero-order valence-corrected chi connectivity index (χ0v) is 11.1. The van der Waals surface area contributed by atoms with Crippen molar-refractivity contribution in [1.82, 2.24) is 0 Å². The summed E-state index contributed by atoms with van der Waals surface area (Å²) in [7, 11) is 0. The topological polar surface area (TPSA) is 0 Å². The van der Waals surface area contributed by atoms with Gasteiger partial charge in [-0.1, -0.05) is 36.4 Å². The van der Waals surface area contributed by atoms with Gasteiger partial charge in [-0.05, 0) is 65.5 Å². The predicted molar refractivity (Wildman–Crippen MR) is 74.3 cm³/mol. The summed E-state index contributed by atoms with van der Waals surface area (Å²) in [5, 5.41) is 0. The molecule has 0 aliphatic heterocycles. The average Bonchev–Trinajstić information content (AvgIpc) is 2.24. The first-order valence-electron chi connectivity index (χ1n) is 5.37. The van der Waals surface area contributed by atoms with Gasteiger partial charge in [0.1, 0.15) is 0 Å². The normalized spacial score (nSPS) is 15.9. The Balaban J connectivity index is 2.19. The van der Waals surface area contributed by atoms with E-state index < -0.39 is 0 Å². The minimum atomic E-state index is 1.08. The first kappa shape index (κ1) is 10.9. The van der Waals surface area contributed by atoms with Gasteiger partial charge in [-0.3, -0.25) is 0 Å². The Bertz CT molecular complexity index is 413. The lowest BCUT2D eigenvalue weighted by Gasteiger charge is -2.12. The van der Waals surface area contributed by atoms with E-state index in [9.17, 15) is 0 Å². The molecule has 0 fully saturated rings. The molecule has 0 saturated carbocycles. The second-order valence-corrected chi connectivity index (χ2v) is 5.12. The maximum absolute atomic E-state index is 2.45. The number of rotatable bonds is 2. The van der Waals surface area contributed by atoms with Gasteiger partial charge < -0.3 is 0 Å². The summed E-state index contributed by atoms with van der Waals surface area (Å²) < 4.78 is 1.43. The van der Waals surface area contributed by atoms with Gasteiger partial charge in [0.2, 0.25) is 0 Å². The molecule has 1 aromatic carbocycles. The first-order chi connectivity index (χ1) is 7.27. The van der Waals surface area contributed by atoms with E-state index in [0.717, 1.165) is 6.42 Å². The van der Waals surface area contributed by atoms with E-state index in [0.29, 0.717) is 0 Å². The molecule has 78 valence electrons. The van der Waals surface area contributed by atoms with Gasteiger partial charge in [-0.15, -0.1) is 0 Å². The maximum atomic E-state index is 2.45. The second kappa shape index (κ2) is 4.97. The Kier molecular flexibility index (Phi) is 3.62. The van der Waals surface area contributed by atoms with Crippen LogP contribution in [0, 0.1) is 6.92 Å². The fourth-order valence-corrected chi connectivity index (χ4v) is 2.59. The molecule has 0 N–H and O–H groups in total. The van der Waals surface area contributed by atoms with Crippen molar-refractivity contribution in [1.29, 1.82) is 0 Å². The molecule has 0 radical (unpaired) electrons. The molecule has 0 spiro atoms. The van der Waals surface area contributed by atoms with E-state index in [2.05, 4.69) is 65.9 Å². The summed E-state index contributed by atoms with van der Waals surface area (Å²) in [6.45, 7) is 2.19. The van der Waals surface area contributed by atoms with Crippen molar-refractivity contribution in [2.45, 2.75) is 26.2 Å². The number of halogens is 1. The Hall–Kier alpha value is -0.570. The van der Waals surface area contributed by atoms with E-state index in [1.165, 1.54) is 33.1 Å². The molecule has 1 aliphatic rings. The fourth-order valence-electron chi connectivity index (χ4n) is 1.87. The smallest absolute Gasteiger partial charge is 0.0122 e. The van der Waals surface area contributed by atoms with Crippen LogP contribution in [-0.2, 0) is 6.42 Å². The molecule has 1 aliphatic carbocycles. The van der Waals surface area contributed by atoms with Crippen LogP contribution < -0.4 is 0 Å². The summed E-state index contributed by atoms with van der Waals surface area (Å²) in [5.74, 6) is 0. The van der Waals surface area contributed by atoms with Crippen molar-refractivity contribution in [3.05, 3.63) is 56.7 Å². The molecule has 0 amide bonds. The van der Waals surface area contributed by atoms with Gasteiger partial charge in [-0.25, -0.2) is 0 Å². The molecule has 0 heterocycles. The van der Waals surface area contributed by atoms with E-state index in [1.807, 2.05) is 0 Å². The van der Waals surface area contributed by atoms with Crippen LogP contribution >= 0.6 is 22.6 Å². The molecule has 0 nitrogen and oxygen atoms in total. The highest BCUT2D eigenvalue weighted by Gasteiger charge is 2.07. The number of hydrogen-bond donors (Lipinski definition) is 0. The van der Waals surface area contributed by atoms with Crippen LogP contribution in [0.15, 0.2) is 45.6 Å². The molecule has 0 unspecified atom stereocenters. The zero-order chi connectivity index (χ0) is 10.7. The third kappa shape index (κ3) is 2.71. The van der Waals surface area contributed by atoms with Gasteiger partial charge in [0, 0.05) is 3.58 Å². The van der Waals surface area contributed by atoms with Crippen molar-refractivity contribution in [2.24, 2.45) is 0 Å². The maximum Gasteiger partial charge on any atom is 0.0122 e. The molecule has 0 atom stereocenters. The molecular formula is C14H15I. The summed E-state index contributed by atoms with van der Waals surface area (Å²) >= 11 is 2.45. The highest BCUT2D eigenvalue weighted by Crippen LogP contribution is 2.27. The molecule has 0 bridgehead atoms. The van der Waals surface area contributed by atoms with Gasteiger partial charge in [-0.2, -0.15) is 0 Å². The van der Waals surface area contributed by atoms with Crippen LogP contribution in [0.1, 0.15) is 24.0 Å². The predicted octanol–water partition coefficient (Wildman–Crippen LogP) is 4.58. The molecule has 2 rings (SSSR count). The molecule has 15 heavy (non-hydrogen) atoms. The van der Waals surface area contributed by atoms with Crippen LogP contribution in [0.2, 0.25) is 0 Å². The van der Waals surface area contributed by atoms with Gasteiger partial charge >= 0.3 is 0 Å². The number of aryl methyl sites for hydroxylation is 1. The van der Waals surface area contributed by atoms with Gasteiger partial charge in [0.15, 0.2) is 0 Å². The summed E-state index contributed by atoms with van der Waals surface area (Å²) in [4.78, 5) is 0. The Morgan fingerprint density at radius 3 is 2.60 bits per heavy atom. The van der Waals surface area contributed by atoms with E-state index >= 15 is 0 Å². The Morgan fingerprint density at radius 2 is 1.87 bits per heavy atom. The first-order valence-corrected chi connectivity index (χ1v) is 6.45. The fraction of sp³-hybridized carbons (Fsp3) is 0.286. The number of allylic oxidation sites excluding steroid dienone is 4. The molecule has 1 aromatic rings. The third-order valence-electron chi connectivity index (χ3n) is 2.83. The molecule has 0 aromatic heterocycles. The summed E-state index contributed by atoms with van der Waals surface area (Å²) in [6.07, 6.45) is 8.22. The second-order valence-electron chi connectivity index (χ2n) is 3.96. The largest absolute Gasteiger partial charge is 0.0796 e. The van der Waals surface area contributed by atoms with Crippen molar-refractivity contribution in [3.63, 3.8) is 0 Å². The zero-order valence-electron chi connectivity index (χ0n) is 8.96. The van der Waals surface area contributed by atoms with Gasteiger partial charge in [0.05, 0.1) is 0 Å². The van der Waals surface area contributed by atoms with E-state index in [1.54, 1.807) is 0 Å². The van der Waals surface area contributed by atoms with Gasteiger partial charge in [0.25, 0.3) is 0 Å². The number of hydrogen-bond acceptors (Lipinski definition) is 0. The van der Waals surface area contributed by atoms with Crippen LogP contribution in [0.25, 0.3) is 0 Å². The lowest BCUT2D eigenvalue weighted by Crippen LogP contribution is -1.96. The SMILES string of the molecule is Cc1ccccc1CC1=CCCC=C1I. The third-order valence-corrected chi connectivity index (χ3v) is 3.96. The highest BCUT2D eigenvalue weighted by molar-refractivity contribution is 14.1. The highest BCUT2D eigenvalue weighted by atomic mass is 127. The van der Waals surface area contributed by atoms with Crippen LogP contribution in [-0.4, -0.2) is 0 Å². The standard InChI is InChI=1S/C14H15I/c1-11-6-2-3-7-12(11)10-13-8-4-5-9-14(13)15/h2-3,6-9H,4-5,10H2,1H3. The average molecular weight is 310 g/mol. The van der Waals surface area contributed by atoms with Crippen LogP contribution in [0.3, 0.4) is 0 Å².